The predicted molar refractivity (Wildman–Crippen MR) is 48.0 cm³/mol. The Morgan fingerprint density at radius 3 is 2.79 bits per heavy atom. The van der Waals surface area contributed by atoms with Crippen molar-refractivity contribution in [2.24, 2.45) is 0 Å². The molecular weight excluding hydrogens is 186 g/mol. The number of aliphatic carboxylic acids is 1. The largest absolute Gasteiger partial charge is 0.481 e. The molecule has 2 N–H and O–H groups in total. The maximum atomic E-state index is 10.3. The van der Waals surface area contributed by atoms with Gasteiger partial charge < -0.3 is 14.9 Å². The van der Waals surface area contributed by atoms with Gasteiger partial charge in [-0.05, 0) is 11.6 Å². The first-order valence-electron chi connectivity index (χ1n) is 4.03. The van der Waals surface area contributed by atoms with Crippen molar-refractivity contribution in [1.29, 1.82) is 0 Å². The van der Waals surface area contributed by atoms with E-state index in [1.165, 1.54) is 13.3 Å². The summed E-state index contributed by atoms with van der Waals surface area (Å²) in [6, 6.07) is 3.15. The molecule has 0 fully saturated rings. The Morgan fingerprint density at radius 2 is 2.36 bits per heavy atom. The average molecular weight is 197 g/mol. The van der Waals surface area contributed by atoms with Crippen LogP contribution >= 0.6 is 0 Å². The number of aromatic nitrogens is 1. The molecule has 0 saturated carbocycles. The number of aliphatic hydroxyl groups excluding tert-OH is 1. The van der Waals surface area contributed by atoms with Crippen molar-refractivity contribution in [2.75, 3.05) is 7.11 Å². The Labute approximate surface area is 81.0 Å². The second-order valence-electron chi connectivity index (χ2n) is 2.75. The Morgan fingerprint density at radius 1 is 1.64 bits per heavy atom. The zero-order valence-electron chi connectivity index (χ0n) is 7.67. The van der Waals surface area contributed by atoms with Gasteiger partial charge in [0.2, 0.25) is 5.88 Å². The number of rotatable bonds is 4. The zero-order chi connectivity index (χ0) is 10.6. The third-order valence-corrected chi connectivity index (χ3v) is 1.72. The second kappa shape index (κ2) is 4.57. The molecule has 0 aromatic carbocycles. The fourth-order valence-electron chi connectivity index (χ4n) is 0.993. The van der Waals surface area contributed by atoms with E-state index in [4.69, 9.17) is 9.84 Å². The van der Waals surface area contributed by atoms with E-state index in [0.29, 0.717) is 11.4 Å². The first kappa shape index (κ1) is 10.5. The van der Waals surface area contributed by atoms with Gasteiger partial charge >= 0.3 is 5.97 Å². The van der Waals surface area contributed by atoms with Gasteiger partial charge in [0.25, 0.3) is 0 Å². The van der Waals surface area contributed by atoms with Gasteiger partial charge in [0.1, 0.15) is 0 Å². The molecule has 0 aliphatic rings. The lowest BCUT2D eigenvalue weighted by Gasteiger charge is -2.07. The van der Waals surface area contributed by atoms with Crippen LogP contribution < -0.4 is 4.74 Å². The molecule has 1 rings (SSSR count). The highest BCUT2D eigenvalue weighted by molar-refractivity contribution is 5.67. The molecule has 1 aromatic rings. The molecule has 0 spiro atoms. The summed E-state index contributed by atoms with van der Waals surface area (Å²) in [5, 5.41) is 17.8. The molecule has 0 saturated heterocycles. The second-order valence-corrected chi connectivity index (χ2v) is 2.75. The summed E-state index contributed by atoms with van der Waals surface area (Å²) in [4.78, 5) is 14.2. The summed E-state index contributed by atoms with van der Waals surface area (Å²) in [5.74, 6) is -0.621. The lowest BCUT2D eigenvalue weighted by molar-refractivity contribution is -0.139. The highest BCUT2D eigenvalue weighted by Crippen LogP contribution is 2.17. The SMILES string of the molecule is COc1ccc([C@@H](O)CC(=O)O)cn1. The van der Waals surface area contributed by atoms with Crippen LogP contribution in [0.5, 0.6) is 5.88 Å². The van der Waals surface area contributed by atoms with Gasteiger partial charge in [0.15, 0.2) is 0 Å². The molecule has 14 heavy (non-hydrogen) atoms. The van der Waals surface area contributed by atoms with E-state index in [-0.39, 0.29) is 6.42 Å². The third kappa shape index (κ3) is 2.70. The highest BCUT2D eigenvalue weighted by Gasteiger charge is 2.12. The minimum atomic E-state index is -1.05. The van der Waals surface area contributed by atoms with E-state index in [1.807, 2.05) is 0 Å². The molecule has 0 bridgehead atoms. The number of carboxylic acid groups (broad SMARTS) is 1. The molecule has 5 nitrogen and oxygen atoms in total. The number of hydrogen-bond donors (Lipinski definition) is 2. The van der Waals surface area contributed by atoms with Crippen molar-refractivity contribution in [3.63, 3.8) is 0 Å². The van der Waals surface area contributed by atoms with Crippen molar-refractivity contribution >= 4 is 5.97 Å². The molecule has 1 aromatic heterocycles. The van der Waals surface area contributed by atoms with Gasteiger partial charge in [-0.2, -0.15) is 0 Å². The van der Waals surface area contributed by atoms with E-state index in [2.05, 4.69) is 4.98 Å². The van der Waals surface area contributed by atoms with Crippen molar-refractivity contribution in [3.8, 4) is 5.88 Å². The van der Waals surface area contributed by atoms with Crippen molar-refractivity contribution in [1.82, 2.24) is 4.98 Å². The Balaban J connectivity index is 2.71. The number of pyridine rings is 1. The normalized spacial score (nSPS) is 12.1. The zero-order valence-corrected chi connectivity index (χ0v) is 7.67. The molecule has 1 atom stereocenters. The van der Waals surface area contributed by atoms with Crippen LogP contribution in [0, 0.1) is 0 Å². The summed E-state index contributed by atoms with van der Waals surface area (Å²) in [5.41, 5.74) is 0.466. The number of carboxylic acids is 1. The Kier molecular flexibility index (Phi) is 3.41. The standard InChI is InChI=1S/C9H11NO4/c1-14-8-3-2-6(5-10-8)7(11)4-9(12)13/h2-3,5,7,11H,4H2,1H3,(H,12,13)/t7-/m0/s1. The fourth-order valence-corrected chi connectivity index (χ4v) is 0.993. The van der Waals surface area contributed by atoms with Crippen molar-refractivity contribution < 1.29 is 19.7 Å². The Hall–Kier alpha value is -1.62. The molecule has 76 valence electrons. The van der Waals surface area contributed by atoms with Crippen LogP contribution in [0.4, 0.5) is 0 Å². The van der Waals surface area contributed by atoms with Crippen molar-refractivity contribution in [3.05, 3.63) is 23.9 Å². The maximum Gasteiger partial charge on any atom is 0.306 e. The monoisotopic (exact) mass is 197 g/mol. The van der Waals surface area contributed by atoms with Gasteiger partial charge in [-0.25, -0.2) is 4.98 Å². The quantitative estimate of drug-likeness (QED) is 0.738. The van der Waals surface area contributed by atoms with E-state index < -0.39 is 12.1 Å². The minimum absolute atomic E-state index is 0.325. The van der Waals surface area contributed by atoms with Gasteiger partial charge in [0, 0.05) is 12.3 Å². The number of ether oxygens (including phenoxy) is 1. The van der Waals surface area contributed by atoms with Crippen LogP contribution in [-0.4, -0.2) is 28.3 Å². The fraction of sp³-hybridized carbons (Fsp3) is 0.333. The van der Waals surface area contributed by atoms with Gasteiger partial charge in [0.05, 0.1) is 19.6 Å². The van der Waals surface area contributed by atoms with Gasteiger partial charge in [-0.15, -0.1) is 0 Å². The molecule has 0 unspecified atom stereocenters. The van der Waals surface area contributed by atoms with Crippen molar-refractivity contribution in [2.45, 2.75) is 12.5 Å². The summed E-state index contributed by atoms with van der Waals surface area (Å²) >= 11 is 0. The number of aliphatic hydroxyl groups is 1. The number of nitrogens with zero attached hydrogens (tertiary/aromatic N) is 1. The van der Waals surface area contributed by atoms with Crippen LogP contribution in [0.25, 0.3) is 0 Å². The molecular formula is C9H11NO4. The highest BCUT2D eigenvalue weighted by atomic mass is 16.5. The van der Waals surface area contributed by atoms with E-state index in [1.54, 1.807) is 12.1 Å². The molecule has 0 aliphatic heterocycles. The number of hydrogen-bond acceptors (Lipinski definition) is 4. The Bertz CT molecular complexity index is 309. The van der Waals surface area contributed by atoms with E-state index in [0.717, 1.165) is 0 Å². The van der Waals surface area contributed by atoms with Crippen LogP contribution in [-0.2, 0) is 4.79 Å². The number of methoxy groups -OCH3 is 1. The molecule has 1 heterocycles. The molecule has 0 amide bonds. The van der Waals surface area contributed by atoms with E-state index in [9.17, 15) is 9.90 Å². The third-order valence-electron chi connectivity index (χ3n) is 1.72. The van der Waals surface area contributed by atoms with E-state index >= 15 is 0 Å². The van der Waals surface area contributed by atoms with Crippen LogP contribution in [0.1, 0.15) is 18.1 Å². The smallest absolute Gasteiger partial charge is 0.306 e. The molecule has 5 heteroatoms. The minimum Gasteiger partial charge on any atom is -0.481 e. The van der Waals surface area contributed by atoms with Crippen LogP contribution in [0.2, 0.25) is 0 Å². The first-order valence-corrected chi connectivity index (χ1v) is 4.03. The van der Waals surface area contributed by atoms with Crippen LogP contribution in [0.3, 0.4) is 0 Å². The molecule has 0 aliphatic carbocycles. The summed E-state index contributed by atoms with van der Waals surface area (Å²) in [6.45, 7) is 0. The summed E-state index contributed by atoms with van der Waals surface area (Å²) in [6.07, 6.45) is 0.0476. The van der Waals surface area contributed by atoms with Gasteiger partial charge in [-0.1, -0.05) is 0 Å². The lowest BCUT2D eigenvalue weighted by atomic mass is 10.1. The maximum absolute atomic E-state index is 10.3. The van der Waals surface area contributed by atoms with Gasteiger partial charge in [-0.3, -0.25) is 4.79 Å². The summed E-state index contributed by atoms with van der Waals surface area (Å²) in [7, 11) is 1.48. The average Bonchev–Trinajstić information content (AvgIpc) is 2.17. The first-order chi connectivity index (χ1) is 6.63. The lowest BCUT2D eigenvalue weighted by Crippen LogP contribution is -2.05. The predicted octanol–water partition coefficient (Wildman–Crippen LogP) is 0.598. The van der Waals surface area contributed by atoms with Crippen LogP contribution in [0.15, 0.2) is 18.3 Å². The summed E-state index contributed by atoms with van der Waals surface area (Å²) < 4.78 is 4.82. The topological polar surface area (TPSA) is 79.7 Å². The number of carbonyl (C=O) groups is 1. The molecule has 0 radical (unpaired) electrons.